The van der Waals surface area contributed by atoms with Crippen molar-refractivity contribution in [3.63, 3.8) is 0 Å². The zero-order valence-electron chi connectivity index (χ0n) is 15.7. The van der Waals surface area contributed by atoms with Crippen LogP contribution in [0.25, 0.3) is 5.69 Å². The molecule has 1 aromatic heterocycles. The van der Waals surface area contributed by atoms with Gasteiger partial charge in [0.2, 0.25) is 5.91 Å². The van der Waals surface area contributed by atoms with Gasteiger partial charge in [-0.1, -0.05) is 0 Å². The second kappa shape index (κ2) is 7.50. The van der Waals surface area contributed by atoms with E-state index in [1.165, 1.54) is 6.33 Å². The van der Waals surface area contributed by atoms with E-state index < -0.39 is 0 Å². The van der Waals surface area contributed by atoms with Gasteiger partial charge >= 0.3 is 0 Å². The van der Waals surface area contributed by atoms with Crippen molar-refractivity contribution in [3.8, 4) is 5.69 Å². The van der Waals surface area contributed by atoms with Crippen molar-refractivity contribution in [2.75, 3.05) is 19.6 Å². The maximum Gasteiger partial charge on any atom is 0.253 e. The minimum Gasteiger partial charge on any atom is -0.340 e. The van der Waals surface area contributed by atoms with Gasteiger partial charge in [-0.3, -0.25) is 9.59 Å². The molecular formula is C20H25N5O2. The van der Waals surface area contributed by atoms with E-state index >= 15 is 0 Å². The molecule has 0 bridgehead atoms. The minimum atomic E-state index is 0.0617. The molecule has 7 nitrogen and oxygen atoms in total. The summed E-state index contributed by atoms with van der Waals surface area (Å²) in [6, 6.07) is 5.97. The molecule has 4 rings (SSSR count). The van der Waals surface area contributed by atoms with Gasteiger partial charge in [0.05, 0.1) is 5.69 Å². The first-order valence-electron chi connectivity index (χ1n) is 9.68. The van der Waals surface area contributed by atoms with Crippen molar-refractivity contribution in [2.24, 2.45) is 0 Å². The standard InChI is InChI=1S/C20H25N5O2/c1-15-12-16(5-6-18(15)25-14-21-13-22-25)20(27)23-10-7-17(8-11-23)24-9-3-2-4-19(24)26/h5-6,12-14,17H,2-4,7-11H2,1H3. The lowest BCUT2D eigenvalue weighted by atomic mass is 9.98. The van der Waals surface area contributed by atoms with E-state index in [4.69, 9.17) is 0 Å². The van der Waals surface area contributed by atoms with Gasteiger partial charge in [-0.05, 0) is 56.4 Å². The van der Waals surface area contributed by atoms with Crippen LogP contribution in [0.4, 0.5) is 0 Å². The Morgan fingerprint density at radius 1 is 1.15 bits per heavy atom. The van der Waals surface area contributed by atoms with Crippen molar-refractivity contribution in [2.45, 2.75) is 45.1 Å². The molecule has 2 aromatic rings. The number of rotatable bonds is 3. The largest absolute Gasteiger partial charge is 0.340 e. The maximum absolute atomic E-state index is 12.9. The first-order valence-corrected chi connectivity index (χ1v) is 9.68. The van der Waals surface area contributed by atoms with Gasteiger partial charge in [-0.2, -0.15) is 5.10 Å². The van der Waals surface area contributed by atoms with Crippen LogP contribution in [-0.2, 0) is 4.79 Å². The number of nitrogens with zero attached hydrogens (tertiary/aromatic N) is 5. The van der Waals surface area contributed by atoms with E-state index in [0.717, 1.165) is 43.5 Å². The number of hydrogen-bond donors (Lipinski definition) is 0. The minimum absolute atomic E-state index is 0.0617. The first-order chi connectivity index (χ1) is 13.1. The Morgan fingerprint density at radius 3 is 2.63 bits per heavy atom. The number of piperidine rings is 2. The molecule has 27 heavy (non-hydrogen) atoms. The molecule has 0 unspecified atom stereocenters. The lowest BCUT2D eigenvalue weighted by Gasteiger charge is -2.40. The van der Waals surface area contributed by atoms with E-state index in [2.05, 4.69) is 10.1 Å². The Kier molecular flexibility index (Phi) is 4.92. The SMILES string of the molecule is Cc1cc(C(=O)N2CCC(N3CCCCC3=O)CC2)ccc1-n1cncn1. The number of carbonyl (C=O) groups excluding carboxylic acids is 2. The molecule has 2 amide bonds. The van der Waals surface area contributed by atoms with Gasteiger partial charge in [0.1, 0.15) is 12.7 Å². The fraction of sp³-hybridized carbons (Fsp3) is 0.500. The van der Waals surface area contributed by atoms with E-state index in [9.17, 15) is 9.59 Å². The summed E-state index contributed by atoms with van der Waals surface area (Å²) in [5.41, 5.74) is 2.61. The van der Waals surface area contributed by atoms with Crippen LogP contribution in [0.2, 0.25) is 0 Å². The van der Waals surface area contributed by atoms with Crippen LogP contribution in [-0.4, -0.2) is 62.1 Å². The predicted molar refractivity (Wildman–Crippen MR) is 101 cm³/mol. The third-order valence-corrected chi connectivity index (χ3v) is 5.66. The highest BCUT2D eigenvalue weighted by atomic mass is 16.2. The van der Waals surface area contributed by atoms with E-state index in [1.807, 2.05) is 34.9 Å². The van der Waals surface area contributed by atoms with Crippen LogP contribution in [0.1, 0.15) is 48.0 Å². The molecule has 2 aliphatic heterocycles. The first kappa shape index (κ1) is 17.7. The molecule has 0 aliphatic carbocycles. The van der Waals surface area contributed by atoms with Crippen LogP contribution in [0.3, 0.4) is 0 Å². The fourth-order valence-electron chi connectivity index (χ4n) is 4.15. The number of amides is 2. The Labute approximate surface area is 159 Å². The van der Waals surface area contributed by atoms with Crippen molar-refractivity contribution in [3.05, 3.63) is 42.0 Å². The Hall–Kier alpha value is -2.70. The average molecular weight is 367 g/mol. The number of likely N-dealkylation sites (tertiary alicyclic amines) is 2. The second-order valence-electron chi connectivity index (χ2n) is 7.41. The summed E-state index contributed by atoms with van der Waals surface area (Å²) in [4.78, 5) is 33.0. The fourth-order valence-corrected chi connectivity index (χ4v) is 4.15. The Balaban J connectivity index is 1.41. The van der Waals surface area contributed by atoms with Gasteiger partial charge in [0.15, 0.2) is 0 Å². The van der Waals surface area contributed by atoms with Gasteiger partial charge < -0.3 is 9.80 Å². The highest BCUT2D eigenvalue weighted by Crippen LogP contribution is 2.23. The molecule has 2 saturated heterocycles. The van der Waals surface area contributed by atoms with Crippen LogP contribution in [0.5, 0.6) is 0 Å². The lowest BCUT2D eigenvalue weighted by molar-refractivity contribution is -0.136. The molecule has 0 atom stereocenters. The van der Waals surface area contributed by atoms with Crippen LogP contribution < -0.4 is 0 Å². The Bertz CT molecular complexity index is 825. The number of aromatic nitrogens is 3. The van der Waals surface area contributed by atoms with Gasteiger partial charge in [0, 0.05) is 37.7 Å². The van der Waals surface area contributed by atoms with Crippen molar-refractivity contribution < 1.29 is 9.59 Å². The molecule has 1 aromatic carbocycles. The summed E-state index contributed by atoms with van der Waals surface area (Å²) < 4.78 is 1.70. The van der Waals surface area contributed by atoms with Gasteiger partial charge in [-0.15, -0.1) is 0 Å². The quantitative estimate of drug-likeness (QED) is 0.834. The monoisotopic (exact) mass is 367 g/mol. The van der Waals surface area contributed by atoms with Crippen LogP contribution in [0, 0.1) is 6.92 Å². The molecule has 142 valence electrons. The van der Waals surface area contributed by atoms with Crippen LogP contribution in [0.15, 0.2) is 30.9 Å². The summed E-state index contributed by atoms with van der Waals surface area (Å²) in [5, 5.41) is 4.15. The smallest absolute Gasteiger partial charge is 0.253 e. The van der Waals surface area contributed by atoms with Crippen molar-refractivity contribution >= 4 is 11.8 Å². The molecule has 3 heterocycles. The number of benzene rings is 1. The Morgan fingerprint density at radius 2 is 1.96 bits per heavy atom. The molecular weight excluding hydrogens is 342 g/mol. The van der Waals surface area contributed by atoms with Crippen LogP contribution >= 0.6 is 0 Å². The molecule has 7 heteroatoms. The molecule has 0 radical (unpaired) electrons. The van der Waals surface area contributed by atoms with E-state index in [1.54, 1.807) is 11.0 Å². The zero-order chi connectivity index (χ0) is 18.8. The topological polar surface area (TPSA) is 71.3 Å². The number of carbonyl (C=O) groups is 2. The molecule has 0 N–H and O–H groups in total. The molecule has 2 aliphatic rings. The summed E-state index contributed by atoms with van der Waals surface area (Å²) >= 11 is 0. The van der Waals surface area contributed by atoms with Gasteiger partial charge in [0.25, 0.3) is 5.91 Å². The number of aryl methyl sites for hydroxylation is 1. The third-order valence-electron chi connectivity index (χ3n) is 5.66. The summed E-state index contributed by atoms with van der Waals surface area (Å²) in [5.74, 6) is 0.344. The summed E-state index contributed by atoms with van der Waals surface area (Å²) in [6.07, 6.45) is 7.67. The summed E-state index contributed by atoms with van der Waals surface area (Å²) in [7, 11) is 0. The van der Waals surface area contributed by atoms with Crippen molar-refractivity contribution in [1.29, 1.82) is 0 Å². The van der Waals surface area contributed by atoms with Crippen molar-refractivity contribution in [1.82, 2.24) is 24.6 Å². The third kappa shape index (κ3) is 3.59. The predicted octanol–water partition coefficient (Wildman–Crippen LogP) is 2.19. The number of hydrogen-bond acceptors (Lipinski definition) is 4. The molecule has 0 spiro atoms. The van der Waals surface area contributed by atoms with E-state index in [-0.39, 0.29) is 11.8 Å². The van der Waals surface area contributed by atoms with Gasteiger partial charge in [-0.25, -0.2) is 9.67 Å². The highest BCUT2D eigenvalue weighted by molar-refractivity contribution is 5.94. The molecule has 2 fully saturated rings. The summed E-state index contributed by atoms with van der Waals surface area (Å²) in [6.45, 7) is 4.26. The maximum atomic E-state index is 12.9. The second-order valence-corrected chi connectivity index (χ2v) is 7.41. The lowest BCUT2D eigenvalue weighted by Crippen LogP contribution is -2.50. The normalized spacial score (nSPS) is 18.8. The van der Waals surface area contributed by atoms with E-state index in [0.29, 0.717) is 31.1 Å². The highest BCUT2D eigenvalue weighted by Gasteiger charge is 2.31. The molecule has 0 saturated carbocycles. The average Bonchev–Trinajstić information content (AvgIpc) is 3.22. The zero-order valence-corrected chi connectivity index (χ0v) is 15.7.